The molecule has 4 nitrogen and oxygen atoms in total. The Labute approximate surface area is 229 Å². The molecule has 0 saturated heterocycles. The summed E-state index contributed by atoms with van der Waals surface area (Å²) in [7, 11) is 0. The molecule has 0 rings (SSSR count). The third-order valence-corrected chi connectivity index (χ3v) is 6.93. The highest BCUT2D eigenvalue weighted by Gasteiger charge is 2.14. The summed E-state index contributed by atoms with van der Waals surface area (Å²) in [4.78, 5) is 23.0. The molecule has 1 N–H and O–H groups in total. The molecule has 0 aliphatic heterocycles. The van der Waals surface area contributed by atoms with E-state index in [4.69, 9.17) is 9.84 Å². The molecule has 0 aromatic heterocycles. The van der Waals surface area contributed by atoms with E-state index in [1.165, 1.54) is 70.6 Å². The van der Waals surface area contributed by atoms with Crippen LogP contribution in [-0.4, -0.2) is 23.1 Å². The van der Waals surface area contributed by atoms with Crippen LogP contribution in [0.15, 0.2) is 24.3 Å². The van der Waals surface area contributed by atoms with E-state index >= 15 is 0 Å². The molecular weight excluding hydrogens is 460 g/mol. The minimum Gasteiger partial charge on any atom is -0.481 e. The lowest BCUT2D eigenvalue weighted by molar-refractivity contribution is -0.150. The number of ether oxygens (including phenoxy) is 1. The maximum atomic E-state index is 12.4. The molecule has 0 aromatic carbocycles. The van der Waals surface area contributed by atoms with Gasteiger partial charge in [0.15, 0.2) is 0 Å². The van der Waals surface area contributed by atoms with Gasteiger partial charge in [-0.1, -0.05) is 109 Å². The van der Waals surface area contributed by atoms with Crippen LogP contribution in [0.2, 0.25) is 0 Å². The second-order valence-corrected chi connectivity index (χ2v) is 10.6. The molecule has 1 atom stereocenters. The molecule has 0 bridgehead atoms. The lowest BCUT2D eigenvalue weighted by Crippen LogP contribution is -2.18. The molecule has 0 fully saturated rings. The molecule has 0 aliphatic rings. The van der Waals surface area contributed by atoms with Gasteiger partial charge in [0.25, 0.3) is 0 Å². The Balaban J connectivity index is 3.83. The summed E-state index contributed by atoms with van der Waals surface area (Å²) in [6.45, 7) is 4.46. The lowest BCUT2D eigenvalue weighted by Gasteiger charge is -2.18. The Bertz CT molecular complexity index is 567. The molecule has 0 heterocycles. The standard InChI is InChI=1S/C33H60O4/c1-3-5-7-9-10-11-12-13-14-15-16-17-18-19-20-26-30-33(36)37-31(27-23-8-6-4-2)28-24-21-22-25-29-32(34)35/h11-12,14-15,31H,3-10,13,16-30H2,1-2H3,(H,34,35)/b12-11-,15-14-. The van der Waals surface area contributed by atoms with Crippen molar-refractivity contribution in [2.75, 3.05) is 0 Å². The first-order valence-corrected chi connectivity index (χ1v) is 15.8. The fourth-order valence-corrected chi connectivity index (χ4v) is 4.57. The predicted molar refractivity (Wildman–Crippen MR) is 158 cm³/mol. The van der Waals surface area contributed by atoms with Gasteiger partial charge in [0, 0.05) is 12.8 Å². The second-order valence-electron chi connectivity index (χ2n) is 10.6. The zero-order valence-electron chi connectivity index (χ0n) is 24.5. The van der Waals surface area contributed by atoms with Gasteiger partial charge >= 0.3 is 11.9 Å². The Morgan fingerprint density at radius 3 is 1.62 bits per heavy atom. The molecule has 37 heavy (non-hydrogen) atoms. The summed E-state index contributed by atoms with van der Waals surface area (Å²) in [6, 6.07) is 0. The van der Waals surface area contributed by atoms with Crippen LogP contribution < -0.4 is 0 Å². The number of carbonyl (C=O) groups is 2. The average molecular weight is 521 g/mol. The number of allylic oxidation sites excluding steroid dienone is 4. The van der Waals surface area contributed by atoms with Gasteiger partial charge in [-0.25, -0.2) is 0 Å². The Morgan fingerprint density at radius 1 is 0.595 bits per heavy atom. The minimum atomic E-state index is -0.716. The summed E-state index contributed by atoms with van der Waals surface area (Å²) >= 11 is 0. The Kier molecular flexibility index (Phi) is 27.7. The van der Waals surface area contributed by atoms with Gasteiger partial charge < -0.3 is 9.84 Å². The molecule has 1 unspecified atom stereocenters. The van der Waals surface area contributed by atoms with Crippen molar-refractivity contribution in [1.82, 2.24) is 0 Å². The van der Waals surface area contributed by atoms with E-state index in [-0.39, 0.29) is 18.5 Å². The highest BCUT2D eigenvalue weighted by Crippen LogP contribution is 2.17. The fourth-order valence-electron chi connectivity index (χ4n) is 4.57. The molecule has 0 spiro atoms. The first-order valence-electron chi connectivity index (χ1n) is 15.8. The van der Waals surface area contributed by atoms with Gasteiger partial charge in [-0.3, -0.25) is 9.59 Å². The fraction of sp³-hybridized carbons (Fsp3) is 0.818. The molecular formula is C33H60O4. The topological polar surface area (TPSA) is 63.6 Å². The molecule has 4 heteroatoms. The number of rotatable bonds is 28. The number of hydrogen-bond donors (Lipinski definition) is 1. The van der Waals surface area contributed by atoms with Crippen molar-refractivity contribution in [3.05, 3.63) is 24.3 Å². The van der Waals surface area contributed by atoms with Crippen LogP contribution in [0.1, 0.15) is 168 Å². The van der Waals surface area contributed by atoms with Crippen molar-refractivity contribution in [3.63, 3.8) is 0 Å². The molecule has 0 saturated carbocycles. The van der Waals surface area contributed by atoms with Crippen molar-refractivity contribution in [2.45, 2.75) is 174 Å². The van der Waals surface area contributed by atoms with Crippen LogP contribution in [0.4, 0.5) is 0 Å². The van der Waals surface area contributed by atoms with Gasteiger partial charge in [-0.15, -0.1) is 0 Å². The van der Waals surface area contributed by atoms with Crippen molar-refractivity contribution >= 4 is 11.9 Å². The number of aliphatic carboxylic acids is 1. The van der Waals surface area contributed by atoms with Gasteiger partial charge in [-0.05, 0) is 70.6 Å². The minimum absolute atomic E-state index is 0.0338. The third-order valence-electron chi connectivity index (χ3n) is 6.93. The van der Waals surface area contributed by atoms with Gasteiger partial charge in [-0.2, -0.15) is 0 Å². The Morgan fingerprint density at radius 2 is 1.05 bits per heavy atom. The van der Waals surface area contributed by atoms with Crippen molar-refractivity contribution in [3.8, 4) is 0 Å². The summed E-state index contributed by atoms with van der Waals surface area (Å²) in [6.07, 6.45) is 34.8. The summed E-state index contributed by atoms with van der Waals surface area (Å²) in [5, 5.41) is 8.75. The zero-order chi connectivity index (χ0) is 27.2. The number of esters is 1. The Hall–Kier alpha value is -1.58. The SMILES string of the molecule is CCCCCC/C=C\C/C=C\CCCCCCCC(=O)OC(CCCCCC)CCCCCCC(=O)O. The normalized spacial score (nSPS) is 12.5. The summed E-state index contributed by atoms with van der Waals surface area (Å²) < 4.78 is 5.85. The van der Waals surface area contributed by atoms with Gasteiger partial charge in [0.2, 0.25) is 0 Å². The first kappa shape index (κ1) is 35.4. The van der Waals surface area contributed by atoms with E-state index in [1.807, 2.05) is 0 Å². The summed E-state index contributed by atoms with van der Waals surface area (Å²) in [5.74, 6) is -0.751. The van der Waals surface area contributed by atoms with Crippen molar-refractivity contribution in [2.24, 2.45) is 0 Å². The smallest absolute Gasteiger partial charge is 0.306 e. The van der Waals surface area contributed by atoms with E-state index in [1.54, 1.807) is 0 Å². The van der Waals surface area contributed by atoms with Crippen molar-refractivity contribution < 1.29 is 19.4 Å². The number of carboxylic acids is 1. The highest BCUT2D eigenvalue weighted by molar-refractivity contribution is 5.69. The molecule has 0 radical (unpaired) electrons. The number of hydrogen-bond acceptors (Lipinski definition) is 3. The third kappa shape index (κ3) is 28.8. The van der Waals surface area contributed by atoms with Crippen LogP contribution in [0, 0.1) is 0 Å². The number of carboxylic acid groups (broad SMARTS) is 1. The van der Waals surface area contributed by atoms with E-state index in [2.05, 4.69) is 38.2 Å². The van der Waals surface area contributed by atoms with Gasteiger partial charge in [0.05, 0.1) is 0 Å². The van der Waals surface area contributed by atoms with Crippen LogP contribution in [0.3, 0.4) is 0 Å². The average Bonchev–Trinajstić information content (AvgIpc) is 2.88. The zero-order valence-corrected chi connectivity index (χ0v) is 24.5. The maximum Gasteiger partial charge on any atom is 0.306 e. The maximum absolute atomic E-state index is 12.4. The van der Waals surface area contributed by atoms with Crippen LogP contribution in [-0.2, 0) is 14.3 Å². The van der Waals surface area contributed by atoms with Gasteiger partial charge in [0.1, 0.15) is 6.10 Å². The van der Waals surface area contributed by atoms with E-state index in [9.17, 15) is 9.59 Å². The molecule has 216 valence electrons. The molecule has 0 aromatic rings. The second kappa shape index (κ2) is 29.0. The van der Waals surface area contributed by atoms with Crippen LogP contribution >= 0.6 is 0 Å². The van der Waals surface area contributed by atoms with E-state index in [0.29, 0.717) is 6.42 Å². The quantitative estimate of drug-likeness (QED) is 0.0633. The largest absolute Gasteiger partial charge is 0.481 e. The van der Waals surface area contributed by atoms with Crippen molar-refractivity contribution in [1.29, 1.82) is 0 Å². The monoisotopic (exact) mass is 520 g/mol. The summed E-state index contributed by atoms with van der Waals surface area (Å²) in [5.41, 5.74) is 0. The molecule has 0 amide bonds. The number of unbranched alkanes of at least 4 members (excludes halogenated alkanes) is 15. The highest BCUT2D eigenvalue weighted by atomic mass is 16.5. The molecule has 0 aliphatic carbocycles. The van der Waals surface area contributed by atoms with E-state index in [0.717, 1.165) is 70.6 Å². The van der Waals surface area contributed by atoms with E-state index < -0.39 is 5.97 Å². The van der Waals surface area contributed by atoms with Crippen LogP contribution in [0.5, 0.6) is 0 Å². The van der Waals surface area contributed by atoms with Crippen LogP contribution in [0.25, 0.3) is 0 Å². The first-order chi connectivity index (χ1) is 18.1. The number of carbonyl (C=O) groups excluding carboxylic acids is 1. The lowest BCUT2D eigenvalue weighted by atomic mass is 10.0. The predicted octanol–water partition coefficient (Wildman–Crippen LogP) is 10.5.